The molecule has 0 unspecified atom stereocenters. The van der Waals surface area contributed by atoms with Crippen molar-refractivity contribution in [2.75, 3.05) is 5.32 Å². The van der Waals surface area contributed by atoms with Crippen LogP contribution in [-0.2, 0) is 0 Å². The van der Waals surface area contributed by atoms with Crippen LogP contribution in [0.2, 0.25) is 0 Å². The van der Waals surface area contributed by atoms with Gasteiger partial charge in [0.2, 0.25) is 0 Å². The molecular weight excluding hydrogens is 252 g/mol. The molecule has 0 radical (unpaired) electrons. The summed E-state index contributed by atoms with van der Waals surface area (Å²) in [6.45, 7) is 0. The maximum Gasteiger partial charge on any atom is 0.337 e. The number of rotatable bonds is 3. The Hall–Kier alpha value is -2.88. The Bertz CT molecular complexity index is 779. The molecule has 0 amide bonds. The lowest BCUT2D eigenvalue weighted by Crippen LogP contribution is -2.02. The molecule has 20 heavy (non-hydrogen) atoms. The first-order chi connectivity index (χ1) is 9.75. The molecule has 4 heteroatoms. The highest BCUT2D eigenvalue weighted by Crippen LogP contribution is 2.26. The summed E-state index contributed by atoms with van der Waals surface area (Å²) < 4.78 is 0. The summed E-state index contributed by atoms with van der Waals surface area (Å²) in [6.07, 6.45) is 1.72. The third kappa shape index (κ3) is 2.19. The fraction of sp³-hybridized carbons (Fsp3) is 0. The normalized spacial score (nSPS) is 10.4. The van der Waals surface area contributed by atoms with E-state index in [0.29, 0.717) is 5.69 Å². The van der Waals surface area contributed by atoms with E-state index in [9.17, 15) is 9.90 Å². The summed E-state index contributed by atoms with van der Waals surface area (Å²) >= 11 is 0. The Balaban J connectivity index is 2.08. The second kappa shape index (κ2) is 5.01. The second-order valence-electron chi connectivity index (χ2n) is 4.36. The molecule has 0 bridgehead atoms. The second-order valence-corrected chi connectivity index (χ2v) is 4.36. The number of nitrogens with zero attached hydrogens (tertiary/aromatic N) is 1. The van der Waals surface area contributed by atoms with Crippen molar-refractivity contribution in [3.63, 3.8) is 0 Å². The van der Waals surface area contributed by atoms with Crippen LogP contribution in [0.5, 0.6) is 0 Å². The van der Waals surface area contributed by atoms with E-state index in [0.717, 1.165) is 16.6 Å². The minimum absolute atomic E-state index is 0.237. The number of hydrogen-bond acceptors (Lipinski definition) is 3. The average molecular weight is 264 g/mol. The van der Waals surface area contributed by atoms with Gasteiger partial charge in [-0.3, -0.25) is 4.98 Å². The number of anilines is 2. The van der Waals surface area contributed by atoms with E-state index in [1.165, 1.54) is 0 Å². The number of carboxylic acid groups (broad SMARTS) is 1. The molecule has 1 heterocycles. The highest BCUT2D eigenvalue weighted by atomic mass is 16.4. The molecule has 0 fully saturated rings. The Morgan fingerprint density at radius 1 is 0.950 bits per heavy atom. The smallest absolute Gasteiger partial charge is 0.337 e. The van der Waals surface area contributed by atoms with Gasteiger partial charge in [0.15, 0.2) is 0 Å². The van der Waals surface area contributed by atoms with Crippen molar-refractivity contribution < 1.29 is 9.90 Å². The zero-order valence-corrected chi connectivity index (χ0v) is 10.6. The first-order valence-corrected chi connectivity index (χ1v) is 6.19. The number of aromatic carboxylic acids is 1. The van der Waals surface area contributed by atoms with Gasteiger partial charge in [0, 0.05) is 11.6 Å². The van der Waals surface area contributed by atoms with Crippen LogP contribution in [0.1, 0.15) is 10.4 Å². The van der Waals surface area contributed by atoms with Gasteiger partial charge >= 0.3 is 5.97 Å². The molecule has 0 atom stereocenters. The van der Waals surface area contributed by atoms with E-state index < -0.39 is 5.97 Å². The largest absolute Gasteiger partial charge is 0.478 e. The minimum Gasteiger partial charge on any atom is -0.478 e. The summed E-state index contributed by atoms with van der Waals surface area (Å²) in [5.74, 6) is -0.957. The number of aromatic nitrogens is 1. The van der Waals surface area contributed by atoms with Crippen LogP contribution in [0.4, 0.5) is 11.4 Å². The number of nitrogens with one attached hydrogen (secondary N) is 1. The van der Waals surface area contributed by atoms with Crippen molar-refractivity contribution in [3.05, 3.63) is 66.4 Å². The van der Waals surface area contributed by atoms with E-state index in [1.807, 2.05) is 30.3 Å². The van der Waals surface area contributed by atoms with Gasteiger partial charge in [-0.2, -0.15) is 0 Å². The van der Waals surface area contributed by atoms with Crippen molar-refractivity contribution in [1.29, 1.82) is 0 Å². The van der Waals surface area contributed by atoms with Crippen LogP contribution >= 0.6 is 0 Å². The molecular formula is C16H12N2O2. The quantitative estimate of drug-likeness (QED) is 0.757. The van der Waals surface area contributed by atoms with Crippen LogP contribution < -0.4 is 5.32 Å². The predicted octanol–water partition coefficient (Wildman–Crippen LogP) is 3.68. The molecule has 2 aromatic carbocycles. The molecule has 3 aromatic rings. The van der Waals surface area contributed by atoms with E-state index in [1.54, 1.807) is 30.5 Å². The first-order valence-electron chi connectivity index (χ1n) is 6.19. The van der Waals surface area contributed by atoms with Crippen LogP contribution in [-0.4, -0.2) is 16.1 Å². The summed E-state index contributed by atoms with van der Waals surface area (Å²) in [5.41, 5.74) is 2.39. The first kappa shape index (κ1) is 12.2. The lowest BCUT2D eigenvalue weighted by molar-refractivity contribution is 0.0698. The molecule has 1 aromatic heterocycles. The number of para-hydroxylation sites is 2. The number of carbonyl (C=O) groups is 1. The highest BCUT2D eigenvalue weighted by Gasteiger charge is 2.10. The Labute approximate surface area is 115 Å². The standard InChI is InChI=1S/C16H12N2O2/c19-16(20)12-7-1-2-8-13(12)18-14-9-3-5-11-6-4-10-17-15(11)14/h1-10,18H,(H,19,20). The molecule has 0 aliphatic heterocycles. The minimum atomic E-state index is -0.957. The van der Waals surface area contributed by atoms with E-state index >= 15 is 0 Å². The lowest BCUT2D eigenvalue weighted by Gasteiger charge is -2.11. The monoisotopic (exact) mass is 264 g/mol. The maximum absolute atomic E-state index is 11.2. The number of carboxylic acids is 1. The molecule has 0 saturated heterocycles. The topological polar surface area (TPSA) is 62.2 Å². The van der Waals surface area contributed by atoms with Crippen LogP contribution in [0.15, 0.2) is 60.8 Å². The summed E-state index contributed by atoms with van der Waals surface area (Å²) in [4.78, 5) is 15.6. The van der Waals surface area contributed by atoms with Gasteiger partial charge in [0.1, 0.15) is 0 Å². The summed E-state index contributed by atoms with van der Waals surface area (Å²) in [6, 6.07) is 16.4. The van der Waals surface area contributed by atoms with E-state index in [4.69, 9.17) is 0 Å². The molecule has 98 valence electrons. The molecule has 0 spiro atoms. The van der Waals surface area contributed by atoms with Gasteiger partial charge in [-0.05, 0) is 24.3 Å². The number of hydrogen-bond donors (Lipinski definition) is 2. The van der Waals surface area contributed by atoms with E-state index in [-0.39, 0.29) is 5.56 Å². The SMILES string of the molecule is O=C(O)c1ccccc1Nc1cccc2cccnc12. The van der Waals surface area contributed by atoms with Gasteiger partial charge in [0.05, 0.1) is 22.5 Å². The van der Waals surface area contributed by atoms with Crippen LogP contribution in [0.3, 0.4) is 0 Å². The Morgan fingerprint density at radius 3 is 2.55 bits per heavy atom. The third-order valence-electron chi connectivity index (χ3n) is 3.06. The van der Waals surface area contributed by atoms with Gasteiger partial charge in [-0.15, -0.1) is 0 Å². The van der Waals surface area contributed by atoms with E-state index in [2.05, 4.69) is 10.3 Å². The van der Waals surface area contributed by atoms with Crippen molar-refractivity contribution in [3.8, 4) is 0 Å². The number of pyridine rings is 1. The van der Waals surface area contributed by atoms with Crippen molar-refractivity contribution in [1.82, 2.24) is 4.98 Å². The van der Waals surface area contributed by atoms with Crippen LogP contribution in [0, 0.1) is 0 Å². The van der Waals surface area contributed by atoms with Crippen molar-refractivity contribution >= 4 is 28.2 Å². The Morgan fingerprint density at radius 2 is 1.70 bits per heavy atom. The van der Waals surface area contributed by atoms with Gasteiger partial charge in [0.25, 0.3) is 0 Å². The average Bonchev–Trinajstić information content (AvgIpc) is 2.48. The molecule has 2 N–H and O–H groups in total. The number of fused-ring (bicyclic) bond motifs is 1. The van der Waals surface area contributed by atoms with Crippen molar-refractivity contribution in [2.24, 2.45) is 0 Å². The summed E-state index contributed by atoms with van der Waals surface area (Å²) in [7, 11) is 0. The number of benzene rings is 2. The molecule has 0 aliphatic rings. The lowest BCUT2D eigenvalue weighted by atomic mass is 10.1. The maximum atomic E-state index is 11.2. The Kier molecular flexibility index (Phi) is 3.05. The summed E-state index contributed by atoms with van der Waals surface area (Å²) in [5, 5.41) is 13.4. The fourth-order valence-electron chi connectivity index (χ4n) is 2.13. The third-order valence-corrected chi connectivity index (χ3v) is 3.06. The van der Waals surface area contributed by atoms with Crippen LogP contribution in [0.25, 0.3) is 10.9 Å². The molecule has 4 nitrogen and oxygen atoms in total. The molecule has 3 rings (SSSR count). The van der Waals surface area contributed by atoms with Crippen molar-refractivity contribution in [2.45, 2.75) is 0 Å². The fourth-order valence-corrected chi connectivity index (χ4v) is 2.13. The highest BCUT2D eigenvalue weighted by molar-refractivity contribution is 5.98. The molecule has 0 saturated carbocycles. The predicted molar refractivity (Wildman–Crippen MR) is 78.4 cm³/mol. The zero-order chi connectivity index (χ0) is 13.9. The van der Waals surface area contributed by atoms with Gasteiger partial charge in [-0.1, -0.05) is 30.3 Å². The van der Waals surface area contributed by atoms with Gasteiger partial charge in [-0.25, -0.2) is 4.79 Å². The molecule has 0 aliphatic carbocycles. The zero-order valence-electron chi connectivity index (χ0n) is 10.6. The van der Waals surface area contributed by atoms with Gasteiger partial charge < -0.3 is 10.4 Å².